The zero-order chi connectivity index (χ0) is 15.4. The van der Waals surface area contributed by atoms with Gasteiger partial charge < -0.3 is 15.5 Å². The molecule has 110 valence electrons. The molecule has 1 aromatic carbocycles. The molecule has 0 saturated carbocycles. The Bertz CT molecular complexity index is 666. The highest BCUT2D eigenvalue weighted by Gasteiger charge is 2.15. The van der Waals surface area contributed by atoms with Crippen LogP contribution in [0.4, 0.5) is 15.5 Å². The fraction of sp³-hybridized carbons (Fsp3) is 0.143. The number of hydrogen-bond acceptors (Lipinski definition) is 4. The number of nitrogens with one attached hydrogen (secondary N) is 2. The van der Waals surface area contributed by atoms with Crippen molar-refractivity contribution < 1.29 is 19.8 Å². The molecule has 7 heteroatoms. The molecule has 2 rings (SSSR count). The topological polar surface area (TPSA) is 98.7 Å². The molecular weight excluding hydrogens is 292 g/mol. The minimum atomic E-state index is -1.10. The first-order valence-electron chi connectivity index (χ1n) is 6.15. The minimum Gasteiger partial charge on any atom is -0.478 e. The van der Waals surface area contributed by atoms with Gasteiger partial charge in [-0.3, -0.25) is 5.32 Å². The third kappa shape index (κ3) is 3.59. The number of amides is 2. The van der Waals surface area contributed by atoms with Gasteiger partial charge in [0.05, 0.1) is 11.7 Å². The van der Waals surface area contributed by atoms with Crippen LogP contribution < -0.4 is 10.6 Å². The number of hydrogen-bond donors (Lipinski definition) is 4. The van der Waals surface area contributed by atoms with E-state index in [9.17, 15) is 14.7 Å². The van der Waals surface area contributed by atoms with Crippen molar-refractivity contribution in [1.82, 2.24) is 0 Å². The van der Waals surface area contributed by atoms with E-state index in [1.165, 1.54) is 6.07 Å². The molecule has 4 N–H and O–H groups in total. The number of carboxylic acids is 1. The molecule has 2 aromatic rings. The van der Waals surface area contributed by atoms with Crippen LogP contribution in [0.15, 0.2) is 35.7 Å². The monoisotopic (exact) mass is 306 g/mol. The van der Waals surface area contributed by atoms with Gasteiger partial charge in [0, 0.05) is 11.3 Å². The van der Waals surface area contributed by atoms with E-state index in [0.717, 1.165) is 11.3 Å². The highest BCUT2D eigenvalue weighted by atomic mass is 32.1. The van der Waals surface area contributed by atoms with E-state index in [4.69, 9.17) is 5.11 Å². The maximum Gasteiger partial charge on any atom is 0.338 e. The Labute approximate surface area is 125 Å². The first-order chi connectivity index (χ1) is 9.99. The Hall–Kier alpha value is -2.38. The molecular formula is C14H14N2O4S. The van der Waals surface area contributed by atoms with Crippen molar-refractivity contribution in [1.29, 1.82) is 0 Å². The molecule has 0 aliphatic rings. The molecule has 0 saturated heterocycles. The summed E-state index contributed by atoms with van der Waals surface area (Å²) in [6.07, 6.45) is -0.724. The molecule has 0 spiro atoms. The summed E-state index contributed by atoms with van der Waals surface area (Å²) in [6.45, 7) is 1.60. The number of para-hydroxylation sites is 1. The van der Waals surface area contributed by atoms with Crippen LogP contribution in [0.25, 0.3) is 0 Å². The second-order valence-corrected chi connectivity index (χ2v) is 5.23. The Morgan fingerprint density at radius 1 is 1.19 bits per heavy atom. The van der Waals surface area contributed by atoms with Gasteiger partial charge in [-0.15, -0.1) is 11.3 Å². The molecule has 0 bridgehead atoms. The lowest BCUT2D eigenvalue weighted by molar-refractivity contribution is 0.0698. The van der Waals surface area contributed by atoms with Crippen molar-refractivity contribution in [2.45, 2.75) is 13.0 Å². The number of aliphatic hydroxyl groups excluding tert-OH is 1. The zero-order valence-corrected chi connectivity index (χ0v) is 12.0. The van der Waals surface area contributed by atoms with Gasteiger partial charge in [-0.25, -0.2) is 9.59 Å². The number of urea groups is 1. The fourth-order valence-electron chi connectivity index (χ4n) is 1.81. The van der Waals surface area contributed by atoms with Gasteiger partial charge in [0.2, 0.25) is 0 Å². The lowest BCUT2D eigenvalue weighted by Crippen LogP contribution is -2.21. The molecule has 0 radical (unpaired) electrons. The fourth-order valence-corrected chi connectivity index (χ4v) is 2.58. The van der Waals surface area contributed by atoms with Gasteiger partial charge in [0.15, 0.2) is 0 Å². The summed E-state index contributed by atoms with van der Waals surface area (Å²) in [6, 6.07) is 7.71. The summed E-state index contributed by atoms with van der Waals surface area (Å²) in [4.78, 5) is 22.9. The van der Waals surface area contributed by atoms with Crippen LogP contribution in [0.2, 0.25) is 0 Å². The normalized spacial score (nSPS) is 11.7. The van der Waals surface area contributed by atoms with Crippen molar-refractivity contribution in [3.8, 4) is 0 Å². The first kappa shape index (κ1) is 15.0. The number of thiophene rings is 1. The first-order valence-corrected chi connectivity index (χ1v) is 7.02. The molecule has 1 atom stereocenters. The SMILES string of the molecule is CC(O)c1ccccc1NC(=O)Nc1sccc1C(=O)O. The lowest BCUT2D eigenvalue weighted by Gasteiger charge is -2.13. The Balaban J connectivity index is 2.12. The summed E-state index contributed by atoms with van der Waals surface area (Å²) in [5.41, 5.74) is 1.09. The number of carboxylic acid groups (broad SMARTS) is 1. The highest BCUT2D eigenvalue weighted by Crippen LogP contribution is 2.25. The molecule has 0 aliphatic heterocycles. The van der Waals surface area contributed by atoms with Crippen molar-refractivity contribution in [2.24, 2.45) is 0 Å². The largest absolute Gasteiger partial charge is 0.478 e. The van der Waals surface area contributed by atoms with E-state index >= 15 is 0 Å². The van der Waals surface area contributed by atoms with Crippen molar-refractivity contribution >= 4 is 34.0 Å². The van der Waals surface area contributed by atoms with E-state index in [1.807, 2.05) is 0 Å². The Morgan fingerprint density at radius 2 is 1.90 bits per heavy atom. The maximum atomic E-state index is 11.9. The number of aliphatic hydroxyl groups is 1. The van der Waals surface area contributed by atoms with E-state index in [0.29, 0.717) is 11.3 Å². The van der Waals surface area contributed by atoms with Gasteiger partial charge in [0.25, 0.3) is 0 Å². The molecule has 6 nitrogen and oxygen atoms in total. The third-order valence-electron chi connectivity index (χ3n) is 2.78. The number of rotatable bonds is 4. The smallest absolute Gasteiger partial charge is 0.338 e. The molecule has 1 heterocycles. The summed E-state index contributed by atoms with van der Waals surface area (Å²) in [5.74, 6) is -1.10. The van der Waals surface area contributed by atoms with Crippen LogP contribution >= 0.6 is 11.3 Å². The van der Waals surface area contributed by atoms with Gasteiger partial charge >= 0.3 is 12.0 Å². The molecule has 2 amide bonds. The van der Waals surface area contributed by atoms with E-state index in [2.05, 4.69) is 10.6 Å². The Morgan fingerprint density at radius 3 is 2.57 bits per heavy atom. The predicted molar refractivity (Wildman–Crippen MR) is 81.0 cm³/mol. The summed E-state index contributed by atoms with van der Waals surface area (Å²) in [7, 11) is 0. The predicted octanol–water partition coefficient (Wildman–Crippen LogP) is 3.14. The second kappa shape index (κ2) is 6.38. The van der Waals surface area contributed by atoms with Crippen LogP contribution in [0, 0.1) is 0 Å². The summed E-state index contributed by atoms with van der Waals surface area (Å²) in [5, 5.41) is 25.6. The van der Waals surface area contributed by atoms with Gasteiger partial charge in [-0.2, -0.15) is 0 Å². The number of carbonyl (C=O) groups is 2. The van der Waals surface area contributed by atoms with E-state index in [-0.39, 0.29) is 10.6 Å². The number of benzene rings is 1. The van der Waals surface area contributed by atoms with Crippen molar-refractivity contribution in [2.75, 3.05) is 10.6 Å². The van der Waals surface area contributed by atoms with E-state index < -0.39 is 18.1 Å². The molecule has 1 unspecified atom stereocenters. The van der Waals surface area contributed by atoms with Gasteiger partial charge in [-0.05, 0) is 24.4 Å². The van der Waals surface area contributed by atoms with Crippen LogP contribution in [0.5, 0.6) is 0 Å². The maximum absolute atomic E-state index is 11.9. The summed E-state index contributed by atoms with van der Waals surface area (Å²) < 4.78 is 0. The van der Waals surface area contributed by atoms with E-state index in [1.54, 1.807) is 36.6 Å². The van der Waals surface area contributed by atoms with Crippen LogP contribution in [0.1, 0.15) is 28.9 Å². The van der Waals surface area contributed by atoms with Gasteiger partial charge in [-0.1, -0.05) is 18.2 Å². The van der Waals surface area contributed by atoms with Crippen molar-refractivity contribution in [3.63, 3.8) is 0 Å². The van der Waals surface area contributed by atoms with Crippen molar-refractivity contribution in [3.05, 3.63) is 46.8 Å². The molecule has 0 aliphatic carbocycles. The van der Waals surface area contributed by atoms with Crippen LogP contribution in [-0.4, -0.2) is 22.2 Å². The standard InChI is InChI=1S/C14H14N2O4S/c1-8(17)9-4-2-3-5-11(9)15-14(20)16-12-10(13(18)19)6-7-21-12/h2-8,17H,1H3,(H,18,19)(H2,15,16,20). The molecule has 1 aromatic heterocycles. The Kier molecular flexibility index (Phi) is 4.56. The summed E-state index contributed by atoms with van der Waals surface area (Å²) >= 11 is 1.13. The quantitative estimate of drug-likeness (QED) is 0.697. The minimum absolute atomic E-state index is 0.0407. The van der Waals surface area contributed by atoms with Gasteiger partial charge in [0.1, 0.15) is 5.00 Å². The molecule has 0 fully saturated rings. The number of anilines is 2. The molecule has 21 heavy (non-hydrogen) atoms. The highest BCUT2D eigenvalue weighted by molar-refractivity contribution is 7.14. The average molecular weight is 306 g/mol. The number of carbonyl (C=O) groups excluding carboxylic acids is 1. The van der Waals surface area contributed by atoms with Crippen LogP contribution in [-0.2, 0) is 0 Å². The zero-order valence-electron chi connectivity index (χ0n) is 11.2. The van der Waals surface area contributed by atoms with Crippen LogP contribution in [0.3, 0.4) is 0 Å². The third-order valence-corrected chi connectivity index (χ3v) is 3.61. The number of aromatic carboxylic acids is 1. The average Bonchev–Trinajstić information content (AvgIpc) is 2.87. The second-order valence-electron chi connectivity index (χ2n) is 4.31. The lowest BCUT2D eigenvalue weighted by atomic mass is 10.1.